The van der Waals surface area contributed by atoms with Crippen molar-refractivity contribution in [2.75, 3.05) is 11.9 Å². The zero-order chi connectivity index (χ0) is 16.3. The molecule has 0 atom stereocenters. The molecule has 0 heterocycles. The highest BCUT2D eigenvalue weighted by atomic mass is 19.1. The van der Waals surface area contributed by atoms with Crippen LogP contribution in [-0.2, 0) is 15.0 Å². The van der Waals surface area contributed by atoms with E-state index in [9.17, 15) is 14.0 Å². The third-order valence-electron chi connectivity index (χ3n) is 4.14. The van der Waals surface area contributed by atoms with Crippen molar-refractivity contribution >= 4 is 17.5 Å². The maximum absolute atomic E-state index is 13.0. The van der Waals surface area contributed by atoms with Crippen LogP contribution < -0.4 is 10.6 Å². The lowest BCUT2D eigenvalue weighted by Gasteiger charge is -2.16. The number of rotatable bonds is 4. The lowest BCUT2D eigenvalue weighted by Crippen LogP contribution is -2.39. The molecule has 2 aromatic rings. The van der Waals surface area contributed by atoms with Gasteiger partial charge in [-0.15, -0.1) is 0 Å². The van der Waals surface area contributed by atoms with Gasteiger partial charge in [-0.3, -0.25) is 9.59 Å². The fourth-order valence-corrected chi connectivity index (χ4v) is 2.56. The summed E-state index contributed by atoms with van der Waals surface area (Å²) in [5, 5.41) is 5.22. The number of hydrogen-bond donors (Lipinski definition) is 2. The summed E-state index contributed by atoms with van der Waals surface area (Å²) in [6, 6.07) is 15.1. The number of benzene rings is 2. The van der Waals surface area contributed by atoms with E-state index < -0.39 is 11.8 Å². The Bertz CT molecular complexity index is 710. The van der Waals surface area contributed by atoms with Crippen molar-refractivity contribution in [3.8, 4) is 0 Å². The molecule has 0 spiro atoms. The molecule has 0 saturated heterocycles. The van der Waals surface area contributed by atoms with Crippen molar-refractivity contribution in [3.63, 3.8) is 0 Å². The zero-order valence-corrected chi connectivity index (χ0v) is 12.5. The monoisotopic (exact) mass is 312 g/mol. The number of carbonyl (C=O) groups excluding carboxylic acids is 2. The predicted molar refractivity (Wildman–Crippen MR) is 85.4 cm³/mol. The van der Waals surface area contributed by atoms with Crippen molar-refractivity contribution in [3.05, 3.63) is 66.0 Å². The highest BCUT2D eigenvalue weighted by Gasteiger charge is 2.44. The Morgan fingerprint density at radius 2 is 1.61 bits per heavy atom. The number of halogens is 1. The first kappa shape index (κ1) is 15.2. The average Bonchev–Trinajstić information content (AvgIpc) is 3.35. The van der Waals surface area contributed by atoms with E-state index >= 15 is 0 Å². The Balaban J connectivity index is 1.56. The molecule has 1 aliphatic carbocycles. The Hall–Kier alpha value is -2.69. The van der Waals surface area contributed by atoms with Gasteiger partial charge in [-0.1, -0.05) is 30.3 Å². The van der Waals surface area contributed by atoms with Crippen molar-refractivity contribution in [1.29, 1.82) is 0 Å². The van der Waals surface area contributed by atoms with E-state index in [1.165, 1.54) is 12.1 Å². The van der Waals surface area contributed by atoms with Gasteiger partial charge in [0.25, 0.3) is 0 Å². The summed E-state index contributed by atoms with van der Waals surface area (Å²) >= 11 is 0. The molecule has 0 aliphatic heterocycles. The van der Waals surface area contributed by atoms with Crippen molar-refractivity contribution < 1.29 is 14.0 Å². The van der Waals surface area contributed by atoms with E-state index in [2.05, 4.69) is 10.6 Å². The van der Waals surface area contributed by atoms with Gasteiger partial charge in [0.05, 0.1) is 0 Å². The lowest BCUT2D eigenvalue weighted by atomic mass is 9.96. The summed E-state index contributed by atoms with van der Waals surface area (Å²) in [4.78, 5) is 23.8. The van der Waals surface area contributed by atoms with Gasteiger partial charge >= 0.3 is 11.8 Å². The van der Waals surface area contributed by atoms with E-state index in [1.807, 2.05) is 6.07 Å². The smallest absolute Gasteiger partial charge is 0.313 e. The first-order valence-corrected chi connectivity index (χ1v) is 7.49. The fraction of sp³-hybridized carbons (Fsp3) is 0.222. The minimum Gasteiger partial charge on any atom is -0.347 e. The number of anilines is 1. The molecule has 118 valence electrons. The average molecular weight is 312 g/mol. The summed E-state index contributed by atoms with van der Waals surface area (Å²) < 4.78 is 13.0. The van der Waals surface area contributed by atoms with Gasteiger partial charge in [0.15, 0.2) is 0 Å². The van der Waals surface area contributed by atoms with Gasteiger partial charge in [-0.25, -0.2) is 4.39 Å². The molecule has 4 nitrogen and oxygen atoms in total. The quantitative estimate of drug-likeness (QED) is 0.853. The van der Waals surface area contributed by atoms with Crippen LogP contribution in [0.3, 0.4) is 0 Å². The van der Waals surface area contributed by atoms with Crippen LogP contribution in [0.15, 0.2) is 54.6 Å². The number of carbonyl (C=O) groups is 2. The molecule has 2 amide bonds. The van der Waals surface area contributed by atoms with Gasteiger partial charge in [-0.2, -0.15) is 0 Å². The SMILES string of the molecule is O=C(NCC1(c2ccc(F)cc2)CC1)C(=O)Nc1ccccc1. The Morgan fingerprint density at radius 1 is 0.957 bits per heavy atom. The molecule has 0 radical (unpaired) electrons. The molecule has 0 aromatic heterocycles. The van der Waals surface area contributed by atoms with Crippen molar-refractivity contribution in [2.45, 2.75) is 18.3 Å². The van der Waals surface area contributed by atoms with Gasteiger partial charge in [0, 0.05) is 17.6 Å². The topological polar surface area (TPSA) is 58.2 Å². The fourth-order valence-electron chi connectivity index (χ4n) is 2.56. The molecule has 2 aromatic carbocycles. The molecule has 2 N–H and O–H groups in total. The van der Waals surface area contributed by atoms with E-state index in [0.717, 1.165) is 18.4 Å². The maximum atomic E-state index is 13.0. The Kier molecular flexibility index (Phi) is 4.10. The van der Waals surface area contributed by atoms with Crippen LogP contribution in [0.4, 0.5) is 10.1 Å². The van der Waals surface area contributed by atoms with Crippen LogP contribution in [0.5, 0.6) is 0 Å². The summed E-state index contributed by atoms with van der Waals surface area (Å²) in [6.07, 6.45) is 1.83. The summed E-state index contributed by atoms with van der Waals surface area (Å²) in [5.74, 6) is -1.64. The Morgan fingerprint density at radius 3 is 2.22 bits per heavy atom. The Labute approximate surface area is 133 Å². The number of nitrogens with one attached hydrogen (secondary N) is 2. The lowest BCUT2D eigenvalue weighted by molar-refractivity contribution is -0.136. The van der Waals surface area contributed by atoms with Gasteiger partial charge in [-0.05, 0) is 42.7 Å². The normalized spacial score (nSPS) is 14.8. The second-order valence-electron chi connectivity index (χ2n) is 5.79. The molecule has 23 heavy (non-hydrogen) atoms. The molecular weight excluding hydrogens is 295 g/mol. The van der Waals surface area contributed by atoms with Crippen molar-refractivity contribution in [2.24, 2.45) is 0 Å². The predicted octanol–water partition coefficient (Wildman–Crippen LogP) is 2.61. The maximum Gasteiger partial charge on any atom is 0.313 e. The second kappa shape index (κ2) is 6.20. The molecule has 1 fully saturated rings. The standard InChI is InChI=1S/C18H17FN2O2/c19-14-8-6-13(7-9-14)18(10-11-18)12-20-16(22)17(23)21-15-4-2-1-3-5-15/h1-9H,10-12H2,(H,20,22)(H,21,23). The van der Waals surface area contributed by atoms with Crippen molar-refractivity contribution in [1.82, 2.24) is 5.32 Å². The molecule has 0 unspecified atom stereocenters. The van der Waals surface area contributed by atoms with Crippen LogP contribution in [-0.4, -0.2) is 18.4 Å². The van der Waals surface area contributed by atoms with Crippen LogP contribution in [0.25, 0.3) is 0 Å². The van der Waals surface area contributed by atoms with Crippen LogP contribution in [0.2, 0.25) is 0 Å². The second-order valence-corrected chi connectivity index (χ2v) is 5.79. The van der Waals surface area contributed by atoms with E-state index in [-0.39, 0.29) is 11.2 Å². The largest absolute Gasteiger partial charge is 0.347 e. The van der Waals surface area contributed by atoms with Gasteiger partial charge < -0.3 is 10.6 Å². The first-order chi connectivity index (χ1) is 11.1. The molecule has 1 aliphatic rings. The zero-order valence-electron chi connectivity index (χ0n) is 12.5. The molecule has 3 rings (SSSR count). The minimum atomic E-state index is -0.689. The molecular formula is C18H17FN2O2. The summed E-state index contributed by atoms with van der Waals surface area (Å²) in [6.45, 7) is 0.375. The van der Waals surface area contributed by atoms with Gasteiger partial charge in [0.2, 0.25) is 0 Å². The summed E-state index contributed by atoms with van der Waals surface area (Å²) in [7, 11) is 0. The third kappa shape index (κ3) is 3.56. The number of hydrogen-bond acceptors (Lipinski definition) is 2. The van der Waals surface area contributed by atoms with E-state index in [4.69, 9.17) is 0 Å². The molecule has 0 bridgehead atoms. The first-order valence-electron chi connectivity index (χ1n) is 7.49. The number of amides is 2. The summed E-state index contributed by atoms with van der Waals surface area (Å²) in [5.41, 5.74) is 1.39. The minimum absolute atomic E-state index is 0.170. The molecule has 1 saturated carbocycles. The highest BCUT2D eigenvalue weighted by molar-refractivity contribution is 6.39. The van der Waals surface area contributed by atoms with Crippen LogP contribution in [0.1, 0.15) is 18.4 Å². The van der Waals surface area contributed by atoms with Gasteiger partial charge in [0.1, 0.15) is 5.82 Å². The molecule has 5 heteroatoms. The van der Waals surface area contributed by atoms with E-state index in [0.29, 0.717) is 12.2 Å². The van der Waals surface area contributed by atoms with Crippen LogP contribution >= 0.6 is 0 Å². The third-order valence-corrected chi connectivity index (χ3v) is 4.14. The van der Waals surface area contributed by atoms with Crippen LogP contribution in [0, 0.1) is 5.82 Å². The van der Waals surface area contributed by atoms with E-state index in [1.54, 1.807) is 36.4 Å². The highest BCUT2D eigenvalue weighted by Crippen LogP contribution is 2.47. The number of para-hydroxylation sites is 1.